The van der Waals surface area contributed by atoms with Gasteiger partial charge in [0, 0.05) is 19.6 Å². The van der Waals surface area contributed by atoms with Gasteiger partial charge in [-0.2, -0.15) is 0 Å². The van der Waals surface area contributed by atoms with Crippen molar-refractivity contribution in [1.82, 2.24) is 15.5 Å². The van der Waals surface area contributed by atoms with E-state index in [0.29, 0.717) is 0 Å². The number of aliphatic imine (C=N–C) groups is 1. The largest absolute Gasteiger partial charge is 0.357 e. The molecule has 0 bridgehead atoms. The van der Waals surface area contributed by atoms with Gasteiger partial charge in [0.2, 0.25) is 0 Å². The molecule has 102 valence electrons. The number of likely N-dealkylation sites (tertiary alicyclic amines) is 1. The summed E-state index contributed by atoms with van der Waals surface area (Å²) in [7, 11) is 0. The summed E-state index contributed by atoms with van der Waals surface area (Å²) in [5.41, 5.74) is 0. The van der Waals surface area contributed by atoms with Crippen LogP contribution in [0.4, 0.5) is 0 Å². The lowest BCUT2D eigenvalue weighted by atomic mass is 10.1. The molecule has 1 fully saturated rings. The number of hydrogen-bond acceptors (Lipinski definition) is 2. The second-order valence-electron chi connectivity index (χ2n) is 4.19. The molecule has 1 rings (SSSR count). The molecule has 0 aromatic heterocycles. The van der Waals surface area contributed by atoms with Gasteiger partial charge in [0.25, 0.3) is 0 Å². The average molecular weight is 354 g/mol. The van der Waals surface area contributed by atoms with Crippen LogP contribution >= 0.6 is 24.0 Å². The van der Waals surface area contributed by atoms with Gasteiger partial charge in [-0.15, -0.1) is 24.0 Å². The lowest BCUT2D eigenvalue weighted by molar-refractivity contribution is 0.235. The number of hydrogen-bond donors (Lipinski definition) is 2. The zero-order valence-corrected chi connectivity index (χ0v) is 13.5. The van der Waals surface area contributed by atoms with Crippen molar-refractivity contribution in [3.63, 3.8) is 0 Å². The Morgan fingerprint density at radius 1 is 1.06 bits per heavy atom. The fourth-order valence-electron chi connectivity index (χ4n) is 2.00. The predicted molar refractivity (Wildman–Crippen MR) is 85.4 cm³/mol. The van der Waals surface area contributed by atoms with Crippen molar-refractivity contribution in [3.8, 4) is 0 Å². The molecule has 17 heavy (non-hydrogen) atoms. The van der Waals surface area contributed by atoms with E-state index < -0.39 is 0 Å². The maximum atomic E-state index is 4.55. The number of nitrogens with zero attached hydrogens (tertiary/aromatic N) is 2. The van der Waals surface area contributed by atoms with Crippen LogP contribution in [0.5, 0.6) is 0 Å². The number of piperidine rings is 1. The summed E-state index contributed by atoms with van der Waals surface area (Å²) < 4.78 is 0. The van der Waals surface area contributed by atoms with Crippen molar-refractivity contribution in [2.45, 2.75) is 33.1 Å². The molecular weight excluding hydrogens is 327 g/mol. The Balaban J connectivity index is 0.00000256. The minimum atomic E-state index is 0. The first-order valence-corrected chi connectivity index (χ1v) is 6.61. The first-order chi connectivity index (χ1) is 7.86. The van der Waals surface area contributed by atoms with Gasteiger partial charge in [-0.25, -0.2) is 0 Å². The quantitative estimate of drug-likeness (QED) is 0.448. The molecule has 5 heteroatoms. The highest BCUT2D eigenvalue weighted by atomic mass is 127. The Bertz CT molecular complexity index is 195. The standard InChI is InChI=1S/C12H26N4.HI/c1-3-13-12(14-4-2)15-8-11-16-9-6-5-7-10-16;/h3-11H2,1-2H3,(H2,13,14,15);1H. The molecule has 0 amide bonds. The first-order valence-electron chi connectivity index (χ1n) is 6.61. The Kier molecular flexibility index (Phi) is 11.0. The molecule has 1 saturated heterocycles. The van der Waals surface area contributed by atoms with Crippen molar-refractivity contribution in [1.29, 1.82) is 0 Å². The Hall–Kier alpha value is -0.0400. The molecule has 0 aliphatic carbocycles. The molecule has 0 unspecified atom stereocenters. The maximum Gasteiger partial charge on any atom is 0.191 e. The molecule has 0 radical (unpaired) electrons. The van der Waals surface area contributed by atoms with E-state index in [0.717, 1.165) is 32.1 Å². The molecule has 0 aromatic carbocycles. The second-order valence-corrected chi connectivity index (χ2v) is 4.19. The SMILES string of the molecule is CCNC(=NCCN1CCCCC1)NCC.I. The molecule has 0 aromatic rings. The third-order valence-electron chi connectivity index (χ3n) is 2.82. The normalized spacial score (nSPS) is 15.9. The summed E-state index contributed by atoms with van der Waals surface area (Å²) in [6.45, 7) is 10.6. The van der Waals surface area contributed by atoms with Crippen molar-refractivity contribution < 1.29 is 0 Å². The van der Waals surface area contributed by atoms with Crippen LogP contribution in [0.15, 0.2) is 4.99 Å². The summed E-state index contributed by atoms with van der Waals surface area (Å²) in [5.74, 6) is 0.946. The zero-order valence-electron chi connectivity index (χ0n) is 11.2. The highest BCUT2D eigenvalue weighted by Gasteiger charge is 2.08. The van der Waals surface area contributed by atoms with Gasteiger partial charge < -0.3 is 15.5 Å². The van der Waals surface area contributed by atoms with E-state index in [1.165, 1.54) is 32.4 Å². The minimum absolute atomic E-state index is 0. The maximum absolute atomic E-state index is 4.55. The molecule has 0 saturated carbocycles. The van der Waals surface area contributed by atoms with Crippen LogP contribution in [-0.4, -0.2) is 50.1 Å². The number of halogens is 1. The van der Waals surface area contributed by atoms with E-state index in [9.17, 15) is 0 Å². The molecule has 0 spiro atoms. The molecule has 1 aliphatic rings. The van der Waals surface area contributed by atoms with Gasteiger partial charge in [0.05, 0.1) is 6.54 Å². The summed E-state index contributed by atoms with van der Waals surface area (Å²) in [5, 5.41) is 6.48. The molecule has 4 nitrogen and oxygen atoms in total. The smallest absolute Gasteiger partial charge is 0.191 e. The fourth-order valence-corrected chi connectivity index (χ4v) is 2.00. The average Bonchev–Trinajstić information content (AvgIpc) is 2.31. The van der Waals surface area contributed by atoms with Crippen LogP contribution in [0, 0.1) is 0 Å². The van der Waals surface area contributed by atoms with Gasteiger partial charge in [0.15, 0.2) is 5.96 Å². The van der Waals surface area contributed by atoms with Crippen LogP contribution in [-0.2, 0) is 0 Å². The Labute approximate surface area is 123 Å². The first kappa shape index (κ1) is 17.0. The predicted octanol–water partition coefficient (Wildman–Crippen LogP) is 1.67. The van der Waals surface area contributed by atoms with Crippen LogP contribution < -0.4 is 10.6 Å². The Morgan fingerprint density at radius 2 is 1.65 bits per heavy atom. The van der Waals surface area contributed by atoms with Gasteiger partial charge >= 0.3 is 0 Å². The molecule has 1 aliphatic heterocycles. The van der Waals surface area contributed by atoms with Gasteiger partial charge in [-0.05, 0) is 39.8 Å². The van der Waals surface area contributed by atoms with Crippen molar-refractivity contribution >= 4 is 29.9 Å². The highest BCUT2D eigenvalue weighted by Crippen LogP contribution is 2.07. The van der Waals surface area contributed by atoms with Gasteiger partial charge in [0.1, 0.15) is 0 Å². The van der Waals surface area contributed by atoms with Crippen LogP contribution in [0.2, 0.25) is 0 Å². The van der Waals surface area contributed by atoms with Crippen molar-refractivity contribution in [2.75, 3.05) is 39.3 Å². The monoisotopic (exact) mass is 354 g/mol. The fraction of sp³-hybridized carbons (Fsp3) is 0.917. The number of guanidine groups is 1. The van der Waals surface area contributed by atoms with Gasteiger partial charge in [-0.1, -0.05) is 6.42 Å². The van der Waals surface area contributed by atoms with E-state index in [-0.39, 0.29) is 24.0 Å². The summed E-state index contributed by atoms with van der Waals surface area (Å²) in [6, 6.07) is 0. The third-order valence-corrected chi connectivity index (χ3v) is 2.82. The number of nitrogens with one attached hydrogen (secondary N) is 2. The molecule has 0 atom stereocenters. The number of rotatable bonds is 5. The summed E-state index contributed by atoms with van der Waals surface area (Å²) in [6.07, 6.45) is 4.12. The van der Waals surface area contributed by atoms with Crippen LogP contribution in [0.3, 0.4) is 0 Å². The van der Waals surface area contributed by atoms with Crippen LogP contribution in [0.1, 0.15) is 33.1 Å². The summed E-state index contributed by atoms with van der Waals surface area (Å²) in [4.78, 5) is 7.07. The highest BCUT2D eigenvalue weighted by molar-refractivity contribution is 14.0. The van der Waals surface area contributed by atoms with E-state index in [2.05, 4.69) is 34.4 Å². The zero-order chi connectivity index (χ0) is 11.6. The second kappa shape index (κ2) is 11.1. The summed E-state index contributed by atoms with van der Waals surface area (Å²) >= 11 is 0. The van der Waals surface area contributed by atoms with E-state index in [1.54, 1.807) is 0 Å². The van der Waals surface area contributed by atoms with Gasteiger partial charge in [-0.3, -0.25) is 4.99 Å². The topological polar surface area (TPSA) is 39.7 Å². The van der Waals surface area contributed by atoms with E-state index in [4.69, 9.17) is 0 Å². The van der Waals surface area contributed by atoms with E-state index >= 15 is 0 Å². The lowest BCUT2D eigenvalue weighted by Crippen LogP contribution is -2.38. The van der Waals surface area contributed by atoms with E-state index in [1.807, 2.05) is 0 Å². The third kappa shape index (κ3) is 7.81. The Morgan fingerprint density at radius 3 is 2.18 bits per heavy atom. The molecule has 2 N–H and O–H groups in total. The van der Waals surface area contributed by atoms with Crippen molar-refractivity contribution in [3.05, 3.63) is 0 Å². The lowest BCUT2D eigenvalue weighted by Gasteiger charge is -2.25. The molecule has 1 heterocycles. The van der Waals surface area contributed by atoms with Crippen LogP contribution in [0.25, 0.3) is 0 Å². The molecular formula is C12H27IN4. The minimum Gasteiger partial charge on any atom is -0.357 e. The van der Waals surface area contributed by atoms with Crippen molar-refractivity contribution in [2.24, 2.45) is 4.99 Å².